The predicted octanol–water partition coefficient (Wildman–Crippen LogP) is 0.740. The molecule has 0 unspecified atom stereocenters. The van der Waals surface area contributed by atoms with E-state index in [0.29, 0.717) is 18.4 Å². The highest BCUT2D eigenvalue weighted by atomic mass is 16.9. The molecule has 0 spiro atoms. The average molecular weight is 116 g/mol. The molecule has 0 bridgehead atoms. The molecule has 0 aromatic carbocycles. The summed E-state index contributed by atoms with van der Waals surface area (Å²) in [4.78, 5) is 4.68. The molecule has 8 heavy (non-hydrogen) atoms. The Morgan fingerprint density at radius 2 is 2.12 bits per heavy atom. The van der Waals surface area contributed by atoms with Crippen LogP contribution in [0.4, 0.5) is 0 Å². The summed E-state index contributed by atoms with van der Waals surface area (Å²) in [5.74, 6) is 0. The molecule has 0 amide bonds. The standard InChI is InChI=1S/C5H10NO2/c7-6-4-2-1-3-5-8-6/h1-5H2. The Labute approximate surface area is 48.8 Å². The summed E-state index contributed by atoms with van der Waals surface area (Å²) in [5.41, 5.74) is 0. The van der Waals surface area contributed by atoms with Crippen LogP contribution in [-0.2, 0) is 4.84 Å². The van der Waals surface area contributed by atoms with Gasteiger partial charge in [-0.25, -0.2) is 0 Å². The van der Waals surface area contributed by atoms with Crippen molar-refractivity contribution < 1.29 is 4.84 Å². The van der Waals surface area contributed by atoms with Crippen molar-refractivity contribution in [2.24, 2.45) is 0 Å². The highest BCUT2D eigenvalue weighted by Crippen LogP contribution is 2.02. The molecule has 0 atom stereocenters. The van der Waals surface area contributed by atoms with E-state index in [1.807, 2.05) is 0 Å². The van der Waals surface area contributed by atoms with Crippen LogP contribution >= 0.6 is 0 Å². The molecule has 1 fully saturated rings. The molecule has 3 nitrogen and oxygen atoms in total. The summed E-state index contributed by atoms with van der Waals surface area (Å²) >= 11 is 0. The van der Waals surface area contributed by atoms with Crippen LogP contribution in [0.15, 0.2) is 0 Å². The van der Waals surface area contributed by atoms with Crippen molar-refractivity contribution >= 4 is 0 Å². The Hall–Kier alpha value is -0.120. The fourth-order valence-corrected chi connectivity index (χ4v) is 0.751. The van der Waals surface area contributed by atoms with Gasteiger partial charge in [-0.05, 0) is 18.1 Å². The Kier molecular flexibility index (Phi) is 2.27. The lowest BCUT2D eigenvalue weighted by atomic mass is 10.2. The zero-order valence-electron chi connectivity index (χ0n) is 4.80. The maximum Gasteiger partial charge on any atom is 0.161 e. The van der Waals surface area contributed by atoms with Gasteiger partial charge in [0.05, 0.1) is 0 Å². The van der Waals surface area contributed by atoms with Crippen LogP contribution in [0.5, 0.6) is 0 Å². The number of hydroxylamine groups is 2. The van der Waals surface area contributed by atoms with Crippen molar-refractivity contribution in [1.82, 2.24) is 5.23 Å². The zero-order valence-corrected chi connectivity index (χ0v) is 4.80. The summed E-state index contributed by atoms with van der Waals surface area (Å²) in [7, 11) is 0. The van der Waals surface area contributed by atoms with Gasteiger partial charge in [0, 0.05) is 6.42 Å². The van der Waals surface area contributed by atoms with E-state index in [1.54, 1.807) is 0 Å². The third kappa shape index (κ3) is 1.78. The number of nitrogens with zero attached hydrogens (tertiary/aromatic N) is 1. The van der Waals surface area contributed by atoms with Gasteiger partial charge in [-0.1, -0.05) is 0 Å². The van der Waals surface area contributed by atoms with Gasteiger partial charge < -0.3 is 5.21 Å². The van der Waals surface area contributed by atoms with Crippen molar-refractivity contribution in [1.29, 1.82) is 0 Å². The van der Waals surface area contributed by atoms with Crippen molar-refractivity contribution in [3.05, 3.63) is 5.21 Å². The first-order chi connectivity index (χ1) is 3.89. The Bertz CT molecular complexity index is 59.4. The van der Waals surface area contributed by atoms with E-state index in [0.717, 1.165) is 19.3 Å². The Morgan fingerprint density at radius 3 is 3.00 bits per heavy atom. The second kappa shape index (κ2) is 3.02. The molecular formula is C5H10NO2. The SMILES string of the molecule is [O-][N+]1CCCCCO1. The van der Waals surface area contributed by atoms with E-state index >= 15 is 0 Å². The van der Waals surface area contributed by atoms with Crippen molar-refractivity contribution in [3.8, 4) is 0 Å². The molecule has 1 rings (SSSR count). The molecule has 3 heteroatoms. The molecule has 0 aromatic rings. The summed E-state index contributed by atoms with van der Waals surface area (Å²) in [6, 6.07) is 0. The maximum atomic E-state index is 10.4. The van der Waals surface area contributed by atoms with Crippen LogP contribution < -0.4 is 5.23 Å². The smallest absolute Gasteiger partial charge is 0.161 e. The molecule has 1 heterocycles. The van der Waals surface area contributed by atoms with E-state index in [-0.39, 0.29) is 0 Å². The lowest BCUT2D eigenvalue weighted by molar-refractivity contribution is -0.0262. The lowest BCUT2D eigenvalue weighted by Crippen LogP contribution is -2.22. The fourth-order valence-electron chi connectivity index (χ4n) is 0.751. The van der Waals surface area contributed by atoms with E-state index in [2.05, 4.69) is 4.84 Å². The van der Waals surface area contributed by atoms with E-state index in [9.17, 15) is 5.21 Å². The maximum absolute atomic E-state index is 10.4. The molecule has 1 radical (unpaired) electrons. The quantitative estimate of drug-likeness (QED) is 0.438. The van der Waals surface area contributed by atoms with Crippen LogP contribution in [0.2, 0.25) is 0 Å². The first kappa shape index (κ1) is 6.01. The third-order valence-corrected chi connectivity index (χ3v) is 1.22. The van der Waals surface area contributed by atoms with E-state index in [4.69, 9.17) is 0 Å². The first-order valence-corrected chi connectivity index (χ1v) is 2.97. The largest absolute Gasteiger partial charge is 0.544 e. The highest BCUT2D eigenvalue weighted by molar-refractivity contribution is 4.55. The number of rotatable bonds is 0. The first-order valence-electron chi connectivity index (χ1n) is 2.97. The molecule has 1 aliphatic heterocycles. The van der Waals surface area contributed by atoms with Gasteiger partial charge in [0.2, 0.25) is 0 Å². The molecule has 47 valence electrons. The van der Waals surface area contributed by atoms with Gasteiger partial charge in [-0.3, -0.25) is 0 Å². The number of hydrogen-bond donors (Lipinski definition) is 0. The van der Waals surface area contributed by atoms with Crippen LogP contribution in [-0.4, -0.2) is 13.2 Å². The van der Waals surface area contributed by atoms with Gasteiger partial charge in [-0.15, -0.1) is 4.84 Å². The average Bonchev–Trinajstić information content (AvgIpc) is 1.94. The Morgan fingerprint density at radius 1 is 1.25 bits per heavy atom. The summed E-state index contributed by atoms with van der Waals surface area (Å²) < 4.78 is 0. The fraction of sp³-hybridized carbons (Fsp3) is 1.00. The molecular weight excluding hydrogens is 106 g/mol. The van der Waals surface area contributed by atoms with Crippen LogP contribution in [0.3, 0.4) is 0 Å². The number of hydrogen-bond acceptors (Lipinski definition) is 3. The second-order valence-corrected chi connectivity index (χ2v) is 1.95. The molecule has 0 aromatic heterocycles. The van der Waals surface area contributed by atoms with Crippen LogP contribution in [0, 0.1) is 5.21 Å². The van der Waals surface area contributed by atoms with Crippen LogP contribution in [0.1, 0.15) is 19.3 Å². The van der Waals surface area contributed by atoms with Crippen LogP contribution in [0.25, 0.3) is 0 Å². The van der Waals surface area contributed by atoms with Gasteiger partial charge in [0.15, 0.2) is 6.54 Å². The monoisotopic (exact) mass is 116 g/mol. The second-order valence-electron chi connectivity index (χ2n) is 1.95. The summed E-state index contributed by atoms with van der Waals surface area (Å²) in [5, 5.41) is 11.1. The lowest BCUT2D eigenvalue weighted by Gasteiger charge is -2.05. The van der Waals surface area contributed by atoms with E-state index in [1.165, 1.54) is 0 Å². The van der Waals surface area contributed by atoms with E-state index < -0.39 is 0 Å². The third-order valence-electron chi connectivity index (χ3n) is 1.22. The minimum absolute atomic E-state index is 0.542. The Balaban J connectivity index is 2.17. The predicted molar refractivity (Wildman–Crippen MR) is 30.2 cm³/mol. The van der Waals surface area contributed by atoms with Gasteiger partial charge in [-0.2, -0.15) is 0 Å². The minimum Gasteiger partial charge on any atom is -0.544 e. The highest BCUT2D eigenvalue weighted by Gasteiger charge is 2.08. The van der Waals surface area contributed by atoms with Crippen molar-refractivity contribution in [2.45, 2.75) is 19.3 Å². The summed E-state index contributed by atoms with van der Waals surface area (Å²) in [6.07, 6.45) is 3.13. The molecule has 0 saturated carbocycles. The molecule has 1 aliphatic rings. The minimum atomic E-state index is 0.542. The van der Waals surface area contributed by atoms with Gasteiger partial charge in [0.25, 0.3) is 0 Å². The topological polar surface area (TPSA) is 38.2 Å². The summed E-state index contributed by atoms with van der Waals surface area (Å²) in [6.45, 7) is 1.14. The van der Waals surface area contributed by atoms with Crippen molar-refractivity contribution in [2.75, 3.05) is 13.2 Å². The van der Waals surface area contributed by atoms with Gasteiger partial charge >= 0.3 is 0 Å². The van der Waals surface area contributed by atoms with Gasteiger partial charge in [0.1, 0.15) is 6.61 Å². The molecule has 0 N–H and O–H groups in total. The molecule has 0 aliphatic carbocycles. The van der Waals surface area contributed by atoms with Crippen molar-refractivity contribution in [3.63, 3.8) is 0 Å². The zero-order chi connectivity index (χ0) is 5.82. The molecule has 1 saturated heterocycles. The normalized spacial score (nSPS) is 25.1.